The predicted octanol–water partition coefficient (Wildman–Crippen LogP) is 4.84. The summed E-state index contributed by atoms with van der Waals surface area (Å²) >= 11 is 14.0. The number of ether oxygens (including phenoxy) is 2. The number of carbonyl (C=O) groups is 2. The summed E-state index contributed by atoms with van der Waals surface area (Å²) in [5.41, 5.74) is 1.59. The number of primary sulfonamides is 1. The minimum atomic E-state index is -4.11. The second-order valence-corrected chi connectivity index (χ2v) is 20.9. The van der Waals surface area contributed by atoms with Crippen LogP contribution in [0.4, 0.5) is 0 Å². The summed E-state index contributed by atoms with van der Waals surface area (Å²) in [5.74, 6) is 1.69. The predicted molar refractivity (Wildman–Crippen MR) is 259 cm³/mol. The van der Waals surface area contributed by atoms with Gasteiger partial charge >= 0.3 is 5.97 Å². The Morgan fingerprint density at radius 3 is 1.54 bits per heavy atom. The summed E-state index contributed by atoms with van der Waals surface area (Å²) in [7, 11) is -0.690. The molecule has 0 saturated heterocycles. The van der Waals surface area contributed by atoms with Crippen molar-refractivity contribution in [1.82, 2.24) is 53.8 Å². The number of sulfonamides is 2. The minimum Gasteiger partial charge on any atom is -0.478 e. The van der Waals surface area contributed by atoms with E-state index in [4.69, 9.17) is 45.6 Å². The summed E-state index contributed by atoms with van der Waals surface area (Å²) in [6, 6.07) is 9.41. The molecule has 1 amide bonds. The van der Waals surface area contributed by atoms with Gasteiger partial charge in [-0.3, -0.25) is 14.2 Å². The van der Waals surface area contributed by atoms with Crippen LogP contribution in [0.2, 0.25) is 10.3 Å². The number of carboxylic acid groups (broad SMARTS) is 1. The Bertz CT molecular complexity index is 3080. The Hall–Kier alpha value is -4.03. The second kappa shape index (κ2) is 22.2. The van der Waals surface area contributed by atoms with E-state index < -0.39 is 31.9 Å². The number of carboxylic acids is 1. The van der Waals surface area contributed by atoms with Gasteiger partial charge in [0.15, 0.2) is 11.6 Å². The molecule has 2 radical (unpaired) electrons. The number of hydrogen-bond acceptors (Lipinski definition) is 14. The van der Waals surface area contributed by atoms with Gasteiger partial charge < -0.3 is 14.6 Å². The number of halogens is 3. The van der Waals surface area contributed by atoms with Crippen molar-refractivity contribution in [2.75, 3.05) is 18.1 Å². The molecule has 6 aliphatic rings. The molecule has 4 bridgehead atoms. The first-order valence-electron chi connectivity index (χ1n) is 21.7. The number of alkyl halides is 1. The zero-order valence-corrected chi connectivity index (χ0v) is 47.0. The number of amides is 1. The molecular weight excluding hydrogens is 1320 g/mol. The number of nitrogens with two attached hydrogens (primary N) is 1. The third-order valence-electron chi connectivity index (χ3n) is 12.3. The number of rotatable bonds is 13. The maximum absolute atomic E-state index is 12.6. The first kappa shape index (κ1) is 52.8. The summed E-state index contributed by atoms with van der Waals surface area (Å²) in [6.45, 7) is 4.62. The molecule has 21 nitrogen and oxygen atoms in total. The van der Waals surface area contributed by atoms with E-state index >= 15 is 0 Å². The fraction of sp³-hybridized carbons (Fsp3) is 0.415. The molecule has 0 atom stereocenters. The number of aromatic carboxylic acids is 1. The molecule has 69 heavy (non-hydrogen) atoms. The third kappa shape index (κ3) is 12.4. The van der Waals surface area contributed by atoms with E-state index in [9.17, 15) is 26.4 Å². The molecular formula is C41H48BCl2IN12O9S2U. The topological polar surface area (TPSA) is 276 Å². The van der Waals surface area contributed by atoms with Gasteiger partial charge in [0.05, 0.1) is 48.1 Å². The number of nitrogens with one attached hydrogen (secondary N) is 1. The Morgan fingerprint density at radius 2 is 1.22 bits per heavy atom. The molecule has 366 valence electrons. The maximum Gasteiger partial charge on any atom is 0.338 e. The molecule has 6 aromatic rings. The van der Waals surface area contributed by atoms with Crippen molar-refractivity contribution in [3.8, 4) is 23.4 Å². The van der Waals surface area contributed by atoms with Crippen molar-refractivity contribution in [3.05, 3.63) is 94.0 Å². The number of pyridine rings is 2. The smallest absolute Gasteiger partial charge is 0.338 e. The quantitative estimate of drug-likeness (QED) is 0.0604. The van der Waals surface area contributed by atoms with Crippen LogP contribution < -0.4 is 19.3 Å². The van der Waals surface area contributed by atoms with Crippen LogP contribution in [0.5, 0.6) is 11.8 Å². The Labute approximate surface area is 450 Å². The van der Waals surface area contributed by atoms with Crippen LogP contribution in [0.3, 0.4) is 0 Å². The minimum absolute atomic E-state index is 0. The number of carbonyl (C=O) groups excluding carboxylic acids is 1. The molecule has 0 unspecified atom stereocenters. The van der Waals surface area contributed by atoms with Gasteiger partial charge in [-0.1, -0.05) is 45.8 Å². The average molecular weight is 1370 g/mol. The summed E-state index contributed by atoms with van der Waals surface area (Å²) < 4.78 is 77.6. The second-order valence-electron chi connectivity index (χ2n) is 17.0. The van der Waals surface area contributed by atoms with Crippen molar-refractivity contribution in [2.45, 2.75) is 62.2 Å². The van der Waals surface area contributed by atoms with Crippen LogP contribution in [0.1, 0.15) is 72.0 Å². The third-order valence-corrected chi connectivity index (χ3v) is 15.4. The normalized spacial score (nSPS) is 20.3. The van der Waals surface area contributed by atoms with Crippen molar-refractivity contribution in [1.29, 1.82) is 1.34 Å². The van der Waals surface area contributed by atoms with Gasteiger partial charge in [-0.2, -0.15) is 10.2 Å². The van der Waals surface area contributed by atoms with Gasteiger partial charge in [0, 0.05) is 90.3 Å². The van der Waals surface area contributed by atoms with Crippen molar-refractivity contribution in [2.24, 2.45) is 41.9 Å². The monoisotopic (exact) mass is 1360 g/mol. The number of aryl methyl sites for hydroxylation is 2. The molecule has 0 aliphatic heterocycles. The van der Waals surface area contributed by atoms with E-state index in [0.29, 0.717) is 63.7 Å². The summed E-state index contributed by atoms with van der Waals surface area (Å²) in [6.07, 6.45) is 13.4. The number of nitrogens with zero attached hydrogens (tertiary/aromatic N) is 10. The largest absolute Gasteiger partial charge is 0.478 e. The zero-order valence-electron chi connectivity index (χ0n) is 39.6. The molecule has 0 spiro atoms. The molecule has 4 N–H and O–H groups in total. The van der Waals surface area contributed by atoms with E-state index in [-0.39, 0.29) is 62.3 Å². The maximum atomic E-state index is 12.6. The SMILES string of the molecule is Cc1c(S(=O)(=O)NC(=O)c2ccc(-n3ccc(OCC45CC(C4)C5)n3)nc2Cl)cnn1C.Cc1c(S(N)(=O)=O)cnn1C.O=C(O)c1ccc(-n2ccc(OCC34CC(C3)C4)n2)nc1Cl.[2H]CI.[2H][B].[U]. The van der Waals surface area contributed by atoms with Gasteiger partial charge in [0.1, 0.15) is 20.1 Å². The van der Waals surface area contributed by atoms with E-state index in [2.05, 4.69) is 38.7 Å². The summed E-state index contributed by atoms with van der Waals surface area (Å²) in [5, 5.41) is 29.9. The average Bonchev–Trinajstić information content (AvgIpc) is 4.05. The Balaban J connectivity index is 0.000000208. The van der Waals surface area contributed by atoms with Crippen molar-refractivity contribution < 1.29 is 73.5 Å². The molecule has 6 aliphatic carbocycles. The van der Waals surface area contributed by atoms with Crippen LogP contribution in [0, 0.1) is 67.6 Å². The zero-order chi connectivity index (χ0) is 51.3. The van der Waals surface area contributed by atoms with Gasteiger partial charge in [-0.15, -0.1) is 10.2 Å². The number of hydrogen-bond donors (Lipinski definition) is 3. The van der Waals surface area contributed by atoms with E-state index in [1.54, 1.807) is 58.5 Å². The molecule has 6 aromatic heterocycles. The van der Waals surface area contributed by atoms with E-state index in [1.165, 1.54) is 87.8 Å². The van der Waals surface area contributed by atoms with Gasteiger partial charge in [0.2, 0.25) is 21.8 Å². The van der Waals surface area contributed by atoms with Crippen LogP contribution >= 0.6 is 45.8 Å². The van der Waals surface area contributed by atoms with Crippen molar-refractivity contribution >= 4 is 86.1 Å². The first-order valence-corrected chi connectivity index (χ1v) is 25.7. The van der Waals surface area contributed by atoms with Gasteiger partial charge in [0.25, 0.3) is 15.9 Å². The summed E-state index contributed by atoms with van der Waals surface area (Å²) in [4.78, 5) is 32.2. The van der Waals surface area contributed by atoms with Crippen molar-refractivity contribution in [3.63, 3.8) is 0 Å². The fourth-order valence-corrected chi connectivity index (χ4v) is 10.7. The Morgan fingerprint density at radius 1 is 0.812 bits per heavy atom. The van der Waals surface area contributed by atoms with Crippen LogP contribution in [0.15, 0.2) is 71.0 Å². The Kier molecular flexibility index (Phi) is 17.0. The first-order chi connectivity index (χ1) is 33.0. The van der Waals surface area contributed by atoms with Gasteiger partial charge in [-0.25, -0.2) is 50.8 Å². The van der Waals surface area contributed by atoms with Crippen LogP contribution in [-0.2, 0) is 34.1 Å². The van der Waals surface area contributed by atoms with Crippen LogP contribution in [-0.4, -0.2) is 111 Å². The molecule has 0 aromatic carbocycles. The molecule has 12 rings (SSSR count). The molecule has 6 fully saturated rings. The number of aromatic nitrogens is 10. The molecule has 28 heteroatoms. The van der Waals surface area contributed by atoms with E-state index in [0.717, 1.165) is 11.8 Å². The van der Waals surface area contributed by atoms with E-state index in [1.807, 2.05) is 27.3 Å². The molecule has 6 saturated carbocycles. The van der Waals surface area contributed by atoms with Gasteiger partial charge in [-0.05, 0) is 94.7 Å². The standard InChI is InChI=1S/C20H21ClN6O4S.C15H14ClN3O3.C5H9N3O2S.CH3I.BH.U/c1-12-15(10-22-26(12)2)32(29,30)25-19(28)14-3-4-16(23-18(14)21)27-6-5-17(24-27)31-11-20-7-13(8-20)9-20;16-13-10(14(20)21)1-2-11(17-13)19-4-3-12(18-19)22-8-15-5-9(6-15)7-15;1-4-5(11(6,9)10)3-7-8(4)2;1-2;;/h3-6,10,13H,7-9,11H2,1-2H3,(H,25,28);1-4,9H,5-8H2,(H,20,21);3H,1-2H3,(H2,6,9,10);1H3;1H;/i;;;2*1D;. The molecule has 6 heterocycles. The fourth-order valence-electron chi connectivity index (χ4n) is 8.31. The van der Waals surface area contributed by atoms with Crippen LogP contribution in [0.25, 0.3) is 11.6 Å².